The third kappa shape index (κ3) is 4.51. The normalized spacial score (nSPS) is 30.1. The smallest absolute Gasteiger partial charge is 0.250 e. The molecule has 0 bridgehead atoms. The molecule has 2 saturated heterocycles. The van der Waals surface area contributed by atoms with E-state index in [1.807, 2.05) is 99.7 Å². The topological polar surface area (TPSA) is 121 Å². The molecule has 0 radical (unpaired) electrons. The minimum absolute atomic E-state index is 0.109. The number of para-hydroxylation sites is 2. The maximum atomic E-state index is 14.8. The van der Waals surface area contributed by atoms with Crippen LogP contribution in [0.5, 0.6) is 0 Å². The fourth-order valence-corrected chi connectivity index (χ4v) is 7.87. The van der Waals surface area contributed by atoms with E-state index in [2.05, 4.69) is 10.3 Å². The zero-order valence-corrected chi connectivity index (χ0v) is 25.7. The van der Waals surface area contributed by atoms with Crippen LogP contribution in [0.15, 0.2) is 78.9 Å². The lowest BCUT2D eigenvalue weighted by molar-refractivity contribution is -0.155. The summed E-state index contributed by atoms with van der Waals surface area (Å²) in [7, 11) is 0. The van der Waals surface area contributed by atoms with Crippen molar-refractivity contribution < 1.29 is 24.2 Å². The minimum atomic E-state index is -1.42. The Labute approximate surface area is 261 Å². The summed E-state index contributed by atoms with van der Waals surface area (Å²) in [6, 6.07) is 15.2. The average Bonchev–Trinajstić information content (AvgIpc) is 3.56. The second-order valence-corrected chi connectivity index (χ2v) is 13.1. The van der Waals surface area contributed by atoms with Crippen LogP contribution in [-0.2, 0) is 25.8 Å². The quantitative estimate of drug-likeness (QED) is 0.409. The predicted molar refractivity (Wildman–Crippen MR) is 166 cm³/mol. The average molecular weight is 611 g/mol. The molecule has 234 valence electrons. The molecular weight excluding hydrogens is 572 g/mol. The highest BCUT2D eigenvalue weighted by Crippen LogP contribution is 2.58. The standard InChI is InChI=1S/C34H38N6O5/c1-22(2)19-24(20-41)40-29-32(44)37(21-39-26-14-8-7-13-25(26)35-36-39)17-10-16-34(29)28(31(40)43)27-30(42)38(23-11-5-4-6-12-23)18-9-15-33(27,3)45-34/h4-16,22,24,27-29,41H,17-21H2,1-3H3/t24-,27-,28+,29?,33+,34+/m1/s1. The molecule has 3 amide bonds. The van der Waals surface area contributed by atoms with Gasteiger partial charge in [0.15, 0.2) is 0 Å². The molecule has 45 heavy (non-hydrogen) atoms. The Balaban J connectivity index is 1.33. The molecule has 3 aromatic rings. The number of fused-ring (bicyclic) bond motifs is 3. The van der Waals surface area contributed by atoms with Crippen LogP contribution in [0.1, 0.15) is 27.2 Å². The first-order chi connectivity index (χ1) is 21.7. The van der Waals surface area contributed by atoms with Crippen molar-refractivity contribution in [3.8, 4) is 0 Å². The van der Waals surface area contributed by atoms with Crippen LogP contribution in [0.4, 0.5) is 5.69 Å². The minimum Gasteiger partial charge on any atom is -0.394 e. The van der Waals surface area contributed by atoms with E-state index < -0.39 is 35.1 Å². The lowest BCUT2D eigenvalue weighted by Gasteiger charge is -2.40. The molecule has 4 aliphatic rings. The Kier molecular flexibility index (Phi) is 7.13. The molecule has 5 heterocycles. The highest BCUT2D eigenvalue weighted by atomic mass is 16.5. The number of anilines is 1. The summed E-state index contributed by atoms with van der Waals surface area (Å²) in [4.78, 5) is 49.0. The maximum absolute atomic E-state index is 14.8. The van der Waals surface area contributed by atoms with Crippen molar-refractivity contribution >= 4 is 34.4 Å². The summed E-state index contributed by atoms with van der Waals surface area (Å²) < 4.78 is 8.63. The zero-order chi connectivity index (χ0) is 31.5. The number of rotatable bonds is 7. The zero-order valence-electron chi connectivity index (χ0n) is 25.7. The van der Waals surface area contributed by atoms with E-state index in [0.29, 0.717) is 18.5 Å². The van der Waals surface area contributed by atoms with E-state index in [0.717, 1.165) is 11.2 Å². The van der Waals surface area contributed by atoms with Gasteiger partial charge in [-0.15, -0.1) is 5.10 Å². The molecule has 7 rings (SSSR count). The van der Waals surface area contributed by atoms with Crippen molar-refractivity contribution in [1.29, 1.82) is 0 Å². The van der Waals surface area contributed by atoms with E-state index >= 15 is 0 Å². The first kappa shape index (κ1) is 29.4. The molecule has 11 nitrogen and oxygen atoms in total. The van der Waals surface area contributed by atoms with E-state index in [1.54, 1.807) is 14.5 Å². The van der Waals surface area contributed by atoms with Gasteiger partial charge < -0.3 is 24.5 Å². The van der Waals surface area contributed by atoms with Crippen LogP contribution >= 0.6 is 0 Å². The molecule has 2 aromatic carbocycles. The van der Waals surface area contributed by atoms with Crippen LogP contribution in [0.2, 0.25) is 0 Å². The highest BCUT2D eigenvalue weighted by Gasteiger charge is 2.75. The van der Waals surface area contributed by atoms with Gasteiger partial charge in [-0.1, -0.05) is 73.7 Å². The first-order valence-corrected chi connectivity index (χ1v) is 15.6. The van der Waals surface area contributed by atoms with Crippen LogP contribution in [0.25, 0.3) is 11.0 Å². The molecule has 4 aliphatic heterocycles. The lowest BCUT2D eigenvalue weighted by atomic mass is 9.74. The molecule has 2 fully saturated rings. The predicted octanol–water partition coefficient (Wildman–Crippen LogP) is 2.77. The molecule has 1 spiro atoms. The van der Waals surface area contributed by atoms with E-state index in [4.69, 9.17) is 4.74 Å². The SMILES string of the molecule is CC(C)C[C@H](CO)N1C(=O)[C@@H]2[C@@H]3C(=O)N(c4ccccc4)CC=C[C@]3(C)O[C@@]23C=CCN(Cn2nnc4ccccc42)C(=O)C13. The number of benzene rings is 2. The first-order valence-electron chi connectivity index (χ1n) is 15.6. The Hall–Kier alpha value is -4.35. The Morgan fingerprint density at radius 3 is 2.42 bits per heavy atom. The monoisotopic (exact) mass is 610 g/mol. The summed E-state index contributed by atoms with van der Waals surface area (Å²) in [6.45, 7) is 6.24. The van der Waals surface area contributed by atoms with Gasteiger partial charge in [-0.3, -0.25) is 14.4 Å². The Bertz CT molecular complexity index is 1700. The van der Waals surface area contributed by atoms with Crippen molar-refractivity contribution in [3.63, 3.8) is 0 Å². The van der Waals surface area contributed by atoms with Gasteiger partial charge >= 0.3 is 0 Å². The Morgan fingerprint density at radius 2 is 1.67 bits per heavy atom. The number of aliphatic hydroxyl groups is 1. The summed E-state index contributed by atoms with van der Waals surface area (Å²) in [5.74, 6) is -2.63. The number of aliphatic hydroxyl groups excluding tert-OH is 1. The molecule has 0 aliphatic carbocycles. The molecular formula is C34H38N6O5. The number of hydrogen-bond donors (Lipinski definition) is 1. The number of aromatic nitrogens is 3. The summed E-state index contributed by atoms with van der Waals surface area (Å²) in [5, 5.41) is 19.2. The lowest BCUT2D eigenvalue weighted by Crippen LogP contribution is -2.59. The van der Waals surface area contributed by atoms with E-state index in [-0.39, 0.29) is 43.5 Å². The molecule has 1 N–H and O–H groups in total. The van der Waals surface area contributed by atoms with Crippen molar-refractivity contribution in [2.45, 2.75) is 57.1 Å². The van der Waals surface area contributed by atoms with Gasteiger partial charge in [0.05, 0.1) is 35.6 Å². The number of carbonyl (C=O) groups excluding carboxylic acids is 3. The number of likely N-dealkylation sites (tertiary alicyclic amines) is 1. The molecule has 1 aromatic heterocycles. The van der Waals surface area contributed by atoms with Crippen molar-refractivity contribution in [2.24, 2.45) is 17.8 Å². The number of nitrogens with zero attached hydrogens (tertiary/aromatic N) is 6. The van der Waals surface area contributed by atoms with Crippen LogP contribution in [-0.4, -0.2) is 90.6 Å². The van der Waals surface area contributed by atoms with Crippen molar-refractivity contribution in [2.75, 3.05) is 24.6 Å². The third-order valence-electron chi connectivity index (χ3n) is 9.72. The second-order valence-electron chi connectivity index (χ2n) is 13.1. The summed E-state index contributed by atoms with van der Waals surface area (Å²) in [5.41, 5.74) is -0.344. The van der Waals surface area contributed by atoms with E-state index in [9.17, 15) is 19.5 Å². The summed E-state index contributed by atoms with van der Waals surface area (Å²) in [6.07, 6.45) is 7.95. The highest BCUT2D eigenvalue weighted by molar-refractivity contribution is 6.04. The maximum Gasteiger partial charge on any atom is 0.250 e. The largest absolute Gasteiger partial charge is 0.394 e. The summed E-state index contributed by atoms with van der Waals surface area (Å²) >= 11 is 0. The third-order valence-corrected chi connectivity index (χ3v) is 9.72. The second kappa shape index (κ2) is 10.9. The van der Waals surface area contributed by atoms with Crippen LogP contribution < -0.4 is 4.90 Å². The molecule has 0 saturated carbocycles. The van der Waals surface area contributed by atoms with Crippen molar-refractivity contribution in [3.05, 3.63) is 78.9 Å². The Morgan fingerprint density at radius 1 is 0.933 bits per heavy atom. The molecule has 6 atom stereocenters. The number of hydrogen-bond acceptors (Lipinski definition) is 7. The van der Waals surface area contributed by atoms with Gasteiger partial charge in [0, 0.05) is 18.8 Å². The number of amides is 3. The van der Waals surface area contributed by atoms with Gasteiger partial charge in [0.1, 0.15) is 23.8 Å². The van der Waals surface area contributed by atoms with Crippen LogP contribution in [0, 0.1) is 17.8 Å². The fourth-order valence-electron chi connectivity index (χ4n) is 7.87. The molecule has 1 unspecified atom stereocenters. The van der Waals surface area contributed by atoms with E-state index in [1.165, 1.54) is 4.90 Å². The van der Waals surface area contributed by atoms with Crippen LogP contribution in [0.3, 0.4) is 0 Å². The van der Waals surface area contributed by atoms with Crippen molar-refractivity contribution in [1.82, 2.24) is 24.8 Å². The molecule has 11 heteroatoms. The van der Waals surface area contributed by atoms with Gasteiger partial charge in [-0.25, -0.2) is 4.68 Å². The van der Waals surface area contributed by atoms with Gasteiger partial charge in [-0.2, -0.15) is 0 Å². The van der Waals surface area contributed by atoms with Gasteiger partial charge in [0.25, 0.3) is 5.91 Å². The number of carbonyl (C=O) groups is 3. The van der Waals surface area contributed by atoms with Gasteiger partial charge in [0.2, 0.25) is 11.8 Å². The van der Waals surface area contributed by atoms with Gasteiger partial charge in [-0.05, 0) is 43.5 Å². The number of ether oxygens (including phenoxy) is 1. The fraction of sp³-hybridized carbons (Fsp3) is 0.441.